The summed E-state index contributed by atoms with van der Waals surface area (Å²) < 4.78 is 1.65. The number of pyridine rings is 1. The smallest absolute Gasteiger partial charge is 0.291 e. The molecule has 0 unspecified atom stereocenters. The monoisotopic (exact) mass is 293 g/mol. The first kappa shape index (κ1) is 13.9. The number of para-hydroxylation sites is 1. The van der Waals surface area contributed by atoms with E-state index in [0.29, 0.717) is 12.4 Å². The summed E-state index contributed by atoms with van der Waals surface area (Å²) in [7, 11) is 0. The molecule has 0 bridgehead atoms. The molecule has 2 aromatic heterocycles. The van der Waals surface area contributed by atoms with E-state index < -0.39 is 0 Å². The van der Waals surface area contributed by atoms with Crippen LogP contribution in [-0.4, -0.2) is 25.7 Å². The molecule has 1 aromatic carbocycles. The molecule has 2 heterocycles. The topological polar surface area (TPSA) is 72.7 Å². The van der Waals surface area contributed by atoms with E-state index in [1.54, 1.807) is 10.9 Å². The van der Waals surface area contributed by atoms with Gasteiger partial charge in [-0.3, -0.25) is 9.78 Å². The largest absolute Gasteiger partial charge is 0.344 e. The zero-order valence-electron chi connectivity index (χ0n) is 12.1. The Morgan fingerprint density at radius 2 is 1.91 bits per heavy atom. The molecule has 1 N–H and O–H groups in total. The van der Waals surface area contributed by atoms with Crippen LogP contribution in [0, 0.1) is 6.92 Å². The van der Waals surface area contributed by atoms with Gasteiger partial charge in [0.15, 0.2) is 0 Å². The highest BCUT2D eigenvalue weighted by Gasteiger charge is 2.14. The summed E-state index contributed by atoms with van der Waals surface area (Å²) in [4.78, 5) is 20.5. The maximum atomic E-state index is 12.1. The first-order chi connectivity index (χ1) is 10.7. The van der Waals surface area contributed by atoms with Crippen molar-refractivity contribution in [3.63, 3.8) is 0 Å². The molecule has 3 aromatic rings. The predicted molar refractivity (Wildman–Crippen MR) is 81.5 cm³/mol. The van der Waals surface area contributed by atoms with Crippen molar-refractivity contribution in [1.29, 1.82) is 0 Å². The molecule has 0 spiro atoms. The quantitative estimate of drug-likeness (QED) is 0.797. The average molecular weight is 293 g/mol. The zero-order valence-corrected chi connectivity index (χ0v) is 12.1. The van der Waals surface area contributed by atoms with E-state index in [1.807, 2.05) is 55.5 Å². The van der Waals surface area contributed by atoms with E-state index >= 15 is 0 Å². The number of aromatic nitrogens is 4. The number of amides is 1. The first-order valence-corrected chi connectivity index (χ1v) is 6.91. The number of nitrogens with zero attached hydrogens (tertiary/aromatic N) is 4. The number of rotatable bonds is 4. The number of carbonyl (C=O) groups excluding carboxylic acids is 1. The fourth-order valence-corrected chi connectivity index (χ4v) is 2.05. The molecule has 0 fully saturated rings. The van der Waals surface area contributed by atoms with Crippen LogP contribution in [-0.2, 0) is 6.54 Å². The lowest BCUT2D eigenvalue weighted by Gasteiger charge is -2.02. The number of hydrogen-bond donors (Lipinski definition) is 1. The summed E-state index contributed by atoms with van der Waals surface area (Å²) >= 11 is 0. The van der Waals surface area contributed by atoms with Crippen LogP contribution < -0.4 is 5.32 Å². The first-order valence-electron chi connectivity index (χ1n) is 6.91. The lowest BCUT2D eigenvalue weighted by molar-refractivity contribution is 0.0940. The molecule has 22 heavy (non-hydrogen) atoms. The van der Waals surface area contributed by atoms with Crippen molar-refractivity contribution in [3.8, 4) is 5.69 Å². The molecule has 0 saturated carbocycles. The second kappa shape index (κ2) is 6.17. The number of nitrogens with one attached hydrogen (secondary N) is 1. The standard InChI is InChI=1S/C16H15N5O/c1-12-19-15(20-21(12)14-8-3-2-4-9-14)16(22)18-11-13-7-5-6-10-17-13/h2-10H,11H2,1H3,(H,18,22). The third-order valence-electron chi connectivity index (χ3n) is 3.13. The maximum Gasteiger partial charge on any atom is 0.291 e. The van der Waals surface area contributed by atoms with Crippen LogP contribution in [0.5, 0.6) is 0 Å². The van der Waals surface area contributed by atoms with Gasteiger partial charge in [0.05, 0.1) is 17.9 Å². The van der Waals surface area contributed by atoms with Gasteiger partial charge in [0.25, 0.3) is 5.91 Å². The van der Waals surface area contributed by atoms with Crippen molar-refractivity contribution >= 4 is 5.91 Å². The fourth-order valence-electron chi connectivity index (χ4n) is 2.05. The Morgan fingerprint density at radius 1 is 1.14 bits per heavy atom. The normalized spacial score (nSPS) is 10.4. The predicted octanol–water partition coefficient (Wildman–Crippen LogP) is 1.90. The van der Waals surface area contributed by atoms with Crippen molar-refractivity contribution in [2.75, 3.05) is 0 Å². The molecule has 0 saturated heterocycles. The summed E-state index contributed by atoms with van der Waals surface area (Å²) in [6, 6.07) is 15.1. The third kappa shape index (κ3) is 3.01. The molecule has 0 aliphatic rings. The number of hydrogen-bond acceptors (Lipinski definition) is 4. The van der Waals surface area contributed by atoms with Gasteiger partial charge in [0.2, 0.25) is 5.82 Å². The van der Waals surface area contributed by atoms with Crippen molar-refractivity contribution in [3.05, 3.63) is 72.1 Å². The van der Waals surface area contributed by atoms with Crippen molar-refractivity contribution in [2.45, 2.75) is 13.5 Å². The molecular formula is C16H15N5O. The molecule has 0 aliphatic heterocycles. The lowest BCUT2D eigenvalue weighted by Crippen LogP contribution is -2.24. The minimum atomic E-state index is -0.316. The SMILES string of the molecule is Cc1nc(C(=O)NCc2ccccn2)nn1-c1ccccc1. The Kier molecular flexibility index (Phi) is 3.91. The van der Waals surface area contributed by atoms with Crippen LogP contribution in [0.2, 0.25) is 0 Å². The second-order valence-corrected chi connectivity index (χ2v) is 4.73. The highest BCUT2D eigenvalue weighted by molar-refractivity contribution is 5.90. The summed E-state index contributed by atoms with van der Waals surface area (Å²) in [5.74, 6) is 0.495. The van der Waals surface area contributed by atoms with Gasteiger partial charge in [0.1, 0.15) is 5.82 Å². The van der Waals surface area contributed by atoms with E-state index in [4.69, 9.17) is 0 Å². The molecule has 6 nitrogen and oxygen atoms in total. The highest BCUT2D eigenvalue weighted by atomic mass is 16.2. The van der Waals surface area contributed by atoms with E-state index in [0.717, 1.165) is 11.4 Å². The minimum Gasteiger partial charge on any atom is -0.344 e. The van der Waals surface area contributed by atoms with Crippen LogP contribution in [0.25, 0.3) is 5.69 Å². The fraction of sp³-hybridized carbons (Fsp3) is 0.125. The summed E-state index contributed by atoms with van der Waals surface area (Å²) in [6.07, 6.45) is 1.69. The summed E-state index contributed by atoms with van der Waals surface area (Å²) in [6.45, 7) is 2.16. The summed E-state index contributed by atoms with van der Waals surface area (Å²) in [5.41, 5.74) is 1.66. The zero-order chi connectivity index (χ0) is 15.4. The van der Waals surface area contributed by atoms with Crippen molar-refractivity contribution in [1.82, 2.24) is 25.1 Å². The molecule has 3 rings (SSSR count). The van der Waals surface area contributed by atoms with Crippen LogP contribution >= 0.6 is 0 Å². The highest BCUT2D eigenvalue weighted by Crippen LogP contribution is 2.08. The lowest BCUT2D eigenvalue weighted by atomic mass is 10.3. The Bertz CT molecular complexity index is 768. The van der Waals surface area contributed by atoms with Crippen LogP contribution in [0.3, 0.4) is 0 Å². The molecule has 0 radical (unpaired) electrons. The van der Waals surface area contributed by atoms with Gasteiger partial charge in [-0.15, -0.1) is 5.10 Å². The van der Waals surface area contributed by atoms with Crippen molar-refractivity contribution in [2.24, 2.45) is 0 Å². The van der Waals surface area contributed by atoms with Gasteiger partial charge in [-0.1, -0.05) is 24.3 Å². The third-order valence-corrected chi connectivity index (χ3v) is 3.13. The number of carbonyl (C=O) groups is 1. The Balaban J connectivity index is 1.74. The second-order valence-electron chi connectivity index (χ2n) is 4.73. The van der Waals surface area contributed by atoms with Crippen molar-refractivity contribution < 1.29 is 4.79 Å². The minimum absolute atomic E-state index is 0.150. The molecule has 0 aliphatic carbocycles. The Morgan fingerprint density at radius 3 is 2.64 bits per heavy atom. The average Bonchev–Trinajstić information content (AvgIpc) is 2.96. The molecule has 0 atom stereocenters. The Labute approximate surface area is 127 Å². The van der Waals surface area contributed by atoms with Crippen LogP contribution in [0.4, 0.5) is 0 Å². The summed E-state index contributed by atoms with van der Waals surface area (Å²) in [5, 5.41) is 7.03. The maximum absolute atomic E-state index is 12.1. The van der Waals surface area contributed by atoms with Gasteiger partial charge in [-0.2, -0.15) is 0 Å². The van der Waals surface area contributed by atoms with Crippen LogP contribution in [0.1, 0.15) is 22.1 Å². The molecule has 1 amide bonds. The van der Waals surface area contributed by atoms with E-state index in [-0.39, 0.29) is 11.7 Å². The molecular weight excluding hydrogens is 278 g/mol. The van der Waals surface area contributed by atoms with E-state index in [9.17, 15) is 4.79 Å². The van der Waals surface area contributed by atoms with Gasteiger partial charge < -0.3 is 5.32 Å². The number of aryl methyl sites for hydroxylation is 1. The van der Waals surface area contributed by atoms with Gasteiger partial charge in [-0.25, -0.2) is 9.67 Å². The molecule has 6 heteroatoms. The van der Waals surface area contributed by atoms with Gasteiger partial charge in [-0.05, 0) is 31.2 Å². The van der Waals surface area contributed by atoms with E-state index in [1.165, 1.54) is 0 Å². The Hall–Kier alpha value is -3.02. The van der Waals surface area contributed by atoms with Gasteiger partial charge >= 0.3 is 0 Å². The van der Waals surface area contributed by atoms with E-state index in [2.05, 4.69) is 20.4 Å². The van der Waals surface area contributed by atoms with Gasteiger partial charge in [0, 0.05) is 6.20 Å². The molecule has 110 valence electrons. The number of benzene rings is 1. The van der Waals surface area contributed by atoms with Crippen LogP contribution in [0.15, 0.2) is 54.7 Å².